The molecular weight excluding hydrogens is 357 g/mol. The maximum absolute atomic E-state index is 13.1. The SMILES string of the molecule is CC(C)(CNc1ccc(-c2cnc3n[nH]c(N)c3c2)nn1)c1ccc(F)cc1. The number of rotatable bonds is 5. The van der Waals surface area contributed by atoms with E-state index >= 15 is 0 Å². The Balaban J connectivity index is 1.48. The molecule has 8 heteroatoms. The highest BCUT2D eigenvalue weighted by Crippen LogP contribution is 2.25. The van der Waals surface area contributed by atoms with Crippen LogP contribution in [0.25, 0.3) is 22.3 Å². The monoisotopic (exact) mass is 377 g/mol. The fraction of sp³-hybridized carbons (Fsp3) is 0.200. The lowest BCUT2D eigenvalue weighted by Crippen LogP contribution is -2.28. The first-order valence-electron chi connectivity index (χ1n) is 8.86. The minimum atomic E-state index is -0.237. The molecule has 7 nitrogen and oxygen atoms in total. The second-order valence-corrected chi connectivity index (χ2v) is 7.28. The third-order valence-corrected chi connectivity index (χ3v) is 4.74. The molecule has 0 aliphatic heterocycles. The van der Waals surface area contributed by atoms with Gasteiger partial charge in [0.1, 0.15) is 17.5 Å². The van der Waals surface area contributed by atoms with Gasteiger partial charge in [0, 0.05) is 23.7 Å². The van der Waals surface area contributed by atoms with Crippen molar-refractivity contribution in [2.24, 2.45) is 0 Å². The topological polar surface area (TPSA) is 105 Å². The minimum absolute atomic E-state index is 0.193. The van der Waals surface area contributed by atoms with Crippen molar-refractivity contribution < 1.29 is 4.39 Å². The van der Waals surface area contributed by atoms with Crippen LogP contribution in [0.3, 0.4) is 0 Å². The van der Waals surface area contributed by atoms with Crippen LogP contribution in [0.2, 0.25) is 0 Å². The lowest BCUT2D eigenvalue weighted by Gasteiger charge is -2.25. The molecule has 0 unspecified atom stereocenters. The number of H-pyrrole nitrogens is 1. The van der Waals surface area contributed by atoms with Crippen molar-refractivity contribution in [3.8, 4) is 11.3 Å². The quantitative estimate of drug-likeness (QED) is 0.491. The smallest absolute Gasteiger partial charge is 0.183 e. The molecule has 1 aromatic carbocycles. The summed E-state index contributed by atoms with van der Waals surface area (Å²) < 4.78 is 13.1. The molecule has 0 saturated carbocycles. The van der Waals surface area contributed by atoms with E-state index in [1.807, 2.05) is 18.2 Å². The zero-order valence-electron chi connectivity index (χ0n) is 15.6. The van der Waals surface area contributed by atoms with Gasteiger partial charge in [-0.05, 0) is 35.9 Å². The molecule has 0 spiro atoms. The zero-order valence-corrected chi connectivity index (χ0v) is 15.6. The van der Waals surface area contributed by atoms with E-state index in [0.717, 1.165) is 16.5 Å². The molecule has 142 valence electrons. The van der Waals surface area contributed by atoms with E-state index < -0.39 is 0 Å². The van der Waals surface area contributed by atoms with Crippen molar-refractivity contribution in [2.45, 2.75) is 19.3 Å². The molecule has 28 heavy (non-hydrogen) atoms. The Hall–Kier alpha value is -3.55. The lowest BCUT2D eigenvalue weighted by molar-refractivity contribution is 0.552. The standard InChI is InChI=1S/C20H20FN7/c1-20(2,13-3-5-14(21)6-4-13)11-24-17-8-7-16(25-26-17)12-9-15-18(22)27-28-19(15)23-10-12/h3-10H,11H2,1-2H3,(H,24,26)(H3,22,23,27,28). The average Bonchev–Trinajstić information content (AvgIpc) is 3.07. The third kappa shape index (κ3) is 3.48. The second-order valence-electron chi connectivity index (χ2n) is 7.28. The maximum Gasteiger partial charge on any atom is 0.183 e. The third-order valence-electron chi connectivity index (χ3n) is 4.74. The molecule has 0 aliphatic rings. The Bertz CT molecular complexity index is 1100. The Labute approximate surface area is 161 Å². The average molecular weight is 377 g/mol. The summed E-state index contributed by atoms with van der Waals surface area (Å²) in [5.74, 6) is 0.897. The number of aromatic nitrogens is 5. The van der Waals surface area contributed by atoms with Gasteiger partial charge in [0.05, 0.1) is 11.1 Å². The van der Waals surface area contributed by atoms with E-state index in [0.29, 0.717) is 29.5 Å². The number of aromatic amines is 1. The first kappa shape index (κ1) is 17.8. The molecule has 4 N–H and O–H groups in total. The lowest BCUT2D eigenvalue weighted by atomic mass is 9.84. The number of nitrogens with one attached hydrogen (secondary N) is 2. The van der Waals surface area contributed by atoms with Gasteiger partial charge in [-0.15, -0.1) is 10.2 Å². The van der Waals surface area contributed by atoms with Crippen LogP contribution in [-0.4, -0.2) is 31.9 Å². The van der Waals surface area contributed by atoms with Crippen LogP contribution in [0.1, 0.15) is 19.4 Å². The number of nitrogen functional groups attached to an aromatic ring is 1. The molecule has 4 aromatic rings. The molecule has 0 fully saturated rings. The van der Waals surface area contributed by atoms with Gasteiger partial charge in [0.15, 0.2) is 5.65 Å². The highest BCUT2D eigenvalue weighted by Gasteiger charge is 2.20. The molecule has 0 atom stereocenters. The van der Waals surface area contributed by atoms with Gasteiger partial charge < -0.3 is 11.1 Å². The number of nitrogens with two attached hydrogens (primary N) is 1. The summed E-state index contributed by atoms with van der Waals surface area (Å²) in [6.45, 7) is 4.81. The predicted molar refractivity (Wildman–Crippen MR) is 107 cm³/mol. The molecule has 4 rings (SSSR count). The highest BCUT2D eigenvalue weighted by atomic mass is 19.1. The summed E-state index contributed by atoms with van der Waals surface area (Å²) in [6.07, 6.45) is 1.69. The molecule has 0 bridgehead atoms. The predicted octanol–water partition coefficient (Wildman–Crippen LogP) is 3.53. The van der Waals surface area contributed by atoms with Crippen LogP contribution in [0.4, 0.5) is 16.0 Å². The van der Waals surface area contributed by atoms with Gasteiger partial charge in [-0.3, -0.25) is 5.10 Å². The van der Waals surface area contributed by atoms with Crippen LogP contribution in [-0.2, 0) is 5.41 Å². The molecule has 0 radical (unpaired) electrons. The van der Waals surface area contributed by atoms with Gasteiger partial charge in [-0.25, -0.2) is 9.37 Å². The van der Waals surface area contributed by atoms with Crippen molar-refractivity contribution >= 4 is 22.7 Å². The van der Waals surface area contributed by atoms with Gasteiger partial charge in [-0.2, -0.15) is 5.10 Å². The minimum Gasteiger partial charge on any atom is -0.384 e. The van der Waals surface area contributed by atoms with Gasteiger partial charge in [-0.1, -0.05) is 26.0 Å². The van der Waals surface area contributed by atoms with Crippen molar-refractivity contribution in [1.82, 2.24) is 25.4 Å². The molecule has 3 heterocycles. The summed E-state index contributed by atoms with van der Waals surface area (Å²) in [5.41, 5.74) is 8.78. The van der Waals surface area contributed by atoms with Crippen LogP contribution in [0, 0.1) is 5.82 Å². The Morgan fingerprint density at radius 3 is 2.61 bits per heavy atom. The number of nitrogens with zero attached hydrogens (tertiary/aromatic N) is 4. The number of hydrogen-bond acceptors (Lipinski definition) is 6. The molecular formula is C20H20FN7. The summed E-state index contributed by atoms with van der Waals surface area (Å²) in [5, 5.41) is 19.3. The maximum atomic E-state index is 13.1. The molecule has 0 saturated heterocycles. The van der Waals surface area contributed by atoms with Gasteiger partial charge >= 0.3 is 0 Å². The Morgan fingerprint density at radius 2 is 1.89 bits per heavy atom. The van der Waals surface area contributed by atoms with E-state index in [1.54, 1.807) is 18.3 Å². The van der Waals surface area contributed by atoms with E-state index in [4.69, 9.17) is 5.73 Å². The van der Waals surface area contributed by atoms with Crippen LogP contribution < -0.4 is 11.1 Å². The van der Waals surface area contributed by atoms with E-state index in [-0.39, 0.29) is 11.2 Å². The van der Waals surface area contributed by atoms with E-state index in [1.165, 1.54) is 12.1 Å². The summed E-state index contributed by atoms with van der Waals surface area (Å²) in [6, 6.07) is 12.2. The normalized spacial score (nSPS) is 11.7. The van der Waals surface area contributed by atoms with Crippen LogP contribution >= 0.6 is 0 Å². The van der Waals surface area contributed by atoms with Gasteiger partial charge in [0.2, 0.25) is 0 Å². The number of pyridine rings is 1. The van der Waals surface area contributed by atoms with E-state index in [2.05, 4.69) is 44.5 Å². The first-order valence-corrected chi connectivity index (χ1v) is 8.86. The van der Waals surface area contributed by atoms with E-state index in [9.17, 15) is 4.39 Å². The first-order chi connectivity index (χ1) is 13.4. The van der Waals surface area contributed by atoms with Gasteiger partial charge in [0.25, 0.3) is 0 Å². The zero-order chi connectivity index (χ0) is 19.7. The molecule has 0 amide bonds. The number of anilines is 2. The summed E-state index contributed by atoms with van der Waals surface area (Å²) >= 11 is 0. The summed E-state index contributed by atoms with van der Waals surface area (Å²) in [7, 11) is 0. The summed E-state index contributed by atoms with van der Waals surface area (Å²) in [4.78, 5) is 4.28. The fourth-order valence-electron chi connectivity index (χ4n) is 2.95. The largest absolute Gasteiger partial charge is 0.384 e. The highest BCUT2D eigenvalue weighted by molar-refractivity contribution is 5.88. The number of halogens is 1. The Morgan fingerprint density at radius 1 is 1.11 bits per heavy atom. The van der Waals surface area contributed by atoms with Crippen LogP contribution in [0.15, 0.2) is 48.7 Å². The van der Waals surface area contributed by atoms with Crippen molar-refractivity contribution in [2.75, 3.05) is 17.6 Å². The molecule has 0 aliphatic carbocycles. The van der Waals surface area contributed by atoms with Crippen molar-refractivity contribution in [1.29, 1.82) is 0 Å². The Kier molecular flexibility index (Phi) is 4.38. The number of hydrogen-bond donors (Lipinski definition) is 3. The second kappa shape index (κ2) is 6.88. The number of benzene rings is 1. The van der Waals surface area contributed by atoms with Crippen molar-refractivity contribution in [3.63, 3.8) is 0 Å². The number of fused-ring (bicyclic) bond motifs is 1. The molecule has 3 aromatic heterocycles. The van der Waals surface area contributed by atoms with Crippen molar-refractivity contribution in [3.05, 3.63) is 60.0 Å². The fourth-order valence-corrected chi connectivity index (χ4v) is 2.95. The van der Waals surface area contributed by atoms with Crippen LogP contribution in [0.5, 0.6) is 0 Å².